The summed E-state index contributed by atoms with van der Waals surface area (Å²) in [5.74, 6) is -0.699. The Hall–Kier alpha value is -3.33. The summed E-state index contributed by atoms with van der Waals surface area (Å²) < 4.78 is 13.2. The molecule has 0 aliphatic heterocycles. The van der Waals surface area contributed by atoms with Crippen molar-refractivity contribution < 1.29 is 14.0 Å². The second kappa shape index (κ2) is 9.45. The number of thiazole rings is 1. The standard InChI is InChI=1S/C21H22FN5O2S/c1-12-19(30-13(2)26-12)21(29)27-17(9-14-3-6-16(22)7-4-14)20(28)25-11-15-5-8-18(23)24-10-15/h3-8,10,17H,9,11H2,1-2H3,(H2,23,24)(H,25,28)(H,27,29)/t17-/m0/s1. The molecule has 0 saturated carbocycles. The Morgan fingerprint density at radius 1 is 1.13 bits per heavy atom. The van der Waals surface area contributed by atoms with Crippen LogP contribution in [0.1, 0.15) is 31.5 Å². The topological polar surface area (TPSA) is 110 Å². The highest BCUT2D eigenvalue weighted by Crippen LogP contribution is 2.17. The monoisotopic (exact) mass is 427 g/mol. The number of aryl methyl sites for hydroxylation is 2. The van der Waals surface area contributed by atoms with E-state index < -0.39 is 6.04 Å². The van der Waals surface area contributed by atoms with Crippen LogP contribution < -0.4 is 16.4 Å². The maximum absolute atomic E-state index is 13.2. The van der Waals surface area contributed by atoms with Crippen LogP contribution in [0, 0.1) is 19.7 Å². The Morgan fingerprint density at radius 2 is 1.83 bits per heavy atom. The molecule has 30 heavy (non-hydrogen) atoms. The lowest BCUT2D eigenvalue weighted by atomic mass is 10.0. The van der Waals surface area contributed by atoms with E-state index in [1.165, 1.54) is 23.5 Å². The number of rotatable bonds is 7. The quantitative estimate of drug-likeness (QED) is 0.537. The molecule has 2 amide bonds. The number of nitrogens with zero attached hydrogens (tertiary/aromatic N) is 2. The van der Waals surface area contributed by atoms with E-state index in [-0.39, 0.29) is 30.6 Å². The van der Waals surface area contributed by atoms with Gasteiger partial charge in [0.1, 0.15) is 22.6 Å². The molecule has 3 rings (SSSR count). The normalized spacial score (nSPS) is 11.7. The fourth-order valence-corrected chi connectivity index (χ4v) is 3.71. The van der Waals surface area contributed by atoms with Crippen molar-refractivity contribution in [3.8, 4) is 0 Å². The van der Waals surface area contributed by atoms with E-state index in [9.17, 15) is 14.0 Å². The second-order valence-corrected chi connectivity index (χ2v) is 8.02. The molecule has 2 heterocycles. The molecular formula is C21H22FN5O2S. The Kier molecular flexibility index (Phi) is 6.73. The van der Waals surface area contributed by atoms with E-state index in [1.54, 1.807) is 37.4 Å². The van der Waals surface area contributed by atoms with Gasteiger partial charge in [0.05, 0.1) is 10.7 Å². The molecule has 0 saturated heterocycles. The number of nitrogens with two attached hydrogens (primary N) is 1. The van der Waals surface area contributed by atoms with Gasteiger partial charge in [-0.3, -0.25) is 9.59 Å². The first-order valence-corrected chi connectivity index (χ1v) is 10.1. The van der Waals surface area contributed by atoms with E-state index in [4.69, 9.17) is 5.73 Å². The molecule has 0 unspecified atom stereocenters. The van der Waals surface area contributed by atoms with Crippen LogP contribution >= 0.6 is 11.3 Å². The molecule has 0 fully saturated rings. The molecule has 3 aromatic rings. The number of halogens is 1. The fourth-order valence-electron chi connectivity index (χ4n) is 2.88. The molecule has 2 aromatic heterocycles. The molecule has 7 nitrogen and oxygen atoms in total. The van der Waals surface area contributed by atoms with Crippen LogP contribution in [-0.4, -0.2) is 27.8 Å². The number of nitrogen functional groups attached to an aromatic ring is 1. The van der Waals surface area contributed by atoms with E-state index in [0.29, 0.717) is 16.4 Å². The van der Waals surface area contributed by atoms with Gasteiger partial charge in [-0.2, -0.15) is 0 Å². The molecule has 9 heteroatoms. The van der Waals surface area contributed by atoms with Gasteiger partial charge in [0, 0.05) is 19.2 Å². The smallest absolute Gasteiger partial charge is 0.263 e. The summed E-state index contributed by atoms with van der Waals surface area (Å²) >= 11 is 1.27. The molecule has 1 aromatic carbocycles. The van der Waals surface area contributed by atoms with Crippen molar-refractivity contribution in [2.24, 2.45) is 0 Å². The van der Waals surface area contributed by atoms with E-state index in [1.807, 2.05) is 6.92 Å². The number of anilines is 1. The van der Waals surface area contributed by atoms with Crippen molar-refractivity contribution in [3.63, 3.8) is 0 Å². The van der Waals surface area contributed by atoms with Crippen LogP contribution in [0.25, 0.3) is 0 Å². The van der Waals surface area contributed by atoms with Gasteiger partial charge in [0.15, 0.2) is 0 Å². The van der Waals surface area contributed by atoms with Gasteiger partial charge in [0.25, 0.3) is 5.91 Å². The molecular weight excluding hydrogens is 405 g/mol. The molecule has 4 N–H and O–H groups in total. The average molecular weight is 428 g/mol. The van der Waals surface area contributed by atoms with Crippen LogP contribution in [0.2, 0.25) is 0 Å². The van der Waals surface area contributed by atoms with Gasteiger partial charge >= 0.3 is 0 Å². The average Bonchev–Trinajstić information content (AvgIpc) is 3.06. The van der Waals surface area contributed by atoms with Crippen LogP contribution in [-0.2, 0) is 17.8 Å². The summed E-state index contributed by atoms with van der Waals surface area (Å²) in [5.41, 5.74) is 7.69. The summed E-state index contributed by atoms with van der Waals surface area (Å²) in [6.07, 6.45) is 1.79. The Labute approximate surface area is 177 Å². The highest BCUT2D eigenvalue weighted by Gasteiger charge is 2.24. The minimum atomic E-state index is -0.841. The molecule has 0 radical (unpaired) electrons. The Morgan fingerprint density at radius 3 is 2.43 bits per heavy atom. The Bertz CT molecular complexity index is 1030. The van der Waals surface area contributed by atoms with Crippen LogP contribution in [0.15, 0.2) is 42.6 Å². The number of nitrogens with one attached hydrogen (secondary N) is 2. The second-order valence-electron chi connectivity index (χ2n) is 6.81. The molecule has 156 valence electrons. The predicted octanol–water partition coefficient (Wildman–Crippen LogP) is 2.53. The third-order valence-electron chi connectivity index (χ3n) is 4.40. The van der Waals surface area contributed by atoms with Crippen molar-refractivity contribution in [3.05, 3.63) is 75.1 Å². The van der Waals surface area contributed by atoms with Crippen molar-refractivity contribution in [1.29, 1.82) is 0 Å². The van der Waals surface area contributed by atoms with Crippen molar-refractivity contribution in [1.82, 2.24) is 20.6 Å². The summed E-state index contributed by atoms with van der Waals surface area (Å²) in [4.78, 5) is 34.3. The van der Waals surface area contributed by atoms with E-state index in [0.717, 1.165) is 16.1 Å². The van der Waals surface area contributed by atoms with Crippen LogP contribution in [0.5, 0.6) is 0 Å². The molecule has 0 bridgehead atoms. The number of pyridine rings is 1. The summed E-state index contributed by atoms with van der Waals surface area (Å²) in [5, 5.41) is 6.36. The van der Waals surface area contributed by atoms with Crippen molar-refractivity contribution in [2.45, 2.75) is 32.9 Å². The first-order valence-electron chi connectivity index (χ1n) is 9.29. The van der Waals surface area contributed by atoms with E-state index >= 15 is 0 Å². The lowest BCUT2D eigenvalue weighted by Crippen LogP contribution is -2.47. The molecule has 1 atom stereocenters. The lowest BCUT2D eigenvalue weighted by Gasteiger charge is -2.18. The van der Waals surface area contributed by atoms with Crippen LogP contribution in [0.3, 0.4) is 0 Å². The predicted molar refractivity (Wildman–Crippen MR) is 113 cm³/mol. The number of carbonyl (C=O) groups is 2. The zero-order valence-corrected chi connectivity index (χ0v) is 17.4. The molecule has 0 aliphatic rings. The van der Waals surface area contributed by atoms with Gasteiger partial charge in [0.2, 0.25) is 5.91 Å². The number of carbonyl (C=O) groups excluding carboxylic acids is 2. The molecule has 0 spiro atoms. The first kappa shape index (κ1) is 21.4. The van der Waals surface area contributed by atoms with Crippen molar-refractivity contribution in [2.75, 3.05) is 5.73 Å². The minimum Gasteiger partial charge on any atom is -0.384 e. The van der Waals surface area contributed by atoms with Gasteiger partial charge < -0.3 is 16.4 Å². The summed E-state index contributed by atoms with van der Waals surface area (Å²) in [6.45, 7) is 3.81. The lowest BCUT2D eigenvalue weighted by molar-refractivity contribution is -0.123. The number of benzene rings is 1. The number of amides is 2. The summed E-state index contributed by atoms with van der Waals surface area (Å²) in [7, 11) is 0. The fraction of sp³-hybridized carbons (Fsp3) is 0.238. The largest absolute Gasteiger partial charge is 0.384 e. The third kappa shape index (κ3) is 5.60. The minimum absolute atomic E-state index is 0.217. The third-order valence-corrected chi connectivity index (χ3v) is 5.47. The maximum Gasteiger partial charge on any atom is 0.263 e. The van der Waals surface area contributed by atoms with Crippen molar-refractivity contribution >= 4 is 29.0 Å². The number of aromatic nitrogens is 2. The zero-order valence-electron chi connectivity index (χ0n) is 16.6. The molecule has 0 aliphatic carbocycles. The number of hydrogen-bond acceptors (Lipinski definition) is 6. The van der Waals surface area contributed by atoms with Crippen LogP contribution in [0.4, 0.5) is 10.2 Å². The van der Waals surface area contributed by atoms with Gasteiger partial charge in [-0.1, -0.05) is 18.2 Å². The van der Waals surface area contributed by atoms with Gasteiger partial charge in [-0.15, -0.1) is 11.3 Å². The Balaban J connectivity index is 1.74. The van der Waals surface area contributed by atoms with E-state index in [2.05, 4.69) is 20.6 Å². The maximum atomic E-state index is 13.2. The zero-order chi connectivity index (χ0) is 21.7. The number of hydrogen-bond donors (Lipinski definition) is 3. The van der Waals surface area contributed by atoms with Gasteiger partial charge in [-0.25, -0.2) is 14.4 Å². The highest BCUT2D eigenvalue weighted by molar-refractivity contribution is 7.13. The van der Waals surface area contributed by atoms with Gasteiger partial charge in [-0.05, 0) is 43.2 Å². The highest BCUT2D eigenvalue weighted by atomic mass is 32.1. The first-order chi connectivity index (χ1) is 14.3. The SMILES string of the molecule is Cc1nc(C)c(C(=O)N[C@@H](Cc2ccc(F)cc2)C(=O)NCc2ccc(N)nc2)s1. The summed E-state index contributed by atoms with van der Waals surface area (Å²) in [6, 6.07) is 8.40.